The van der Waals surface area contributed by atoms with Crippen molar-refractivity contribution in [2.24, 2.45) is 0 Å². The number of carbonyl (C=O) groups is 2. The molecule has 0 bridgehead atoms. The molecule has 0 aliphatic carbocycles. The number of carboxylic acids is 1. The van der Waals surface area contributed by atoms with Crippen LogP contribution < -0.4 is 5.32 Å². The second-order valence-electron chi connectivity index (χ2n) is 3.82. The summed E-state index contributed by atoms with van der Waals surface area (Å²) in [7, 11) is 0. The minimum absolute atomic E-state index is 0.0109. The fourth-order valence-corrected chi connectivity index (χ4v) is 2.79. The summed E-state index contributed by atoms with van der Waals surface area (Å²) >= 11 is 2.93. The minimum atomic E-state index is -1.14. The number of aryl methyl sites for hydroxylation is 1. The molecule has 0 aliphatic heterocycles. The summed E-state index contributed by atoms with van der Waals surface area (Å²) in [5, 5.41) is 22.8. The smallest absolute Gasteiger partial charge is 0.326 e. The second-order valence-corrected chi connectivity index (χ2v) is 5.87. The van der Waals surface area contributed by atoms with Crippen LogP contribution >= 0.6 is 23.1 Å². The van der Waals surface area contributed by atoms with Gasteiger partial charge in [0.05, 0.1) is 16.5 Å². The number of thiazole rings is 1. The van der Waals surface area contributed by atoms with E-state index in [0.717, 1.165) is 10.7 Å². The number of amides is 1. The van der Waals surface area contributed by atoms with Gasteiger partial charge in [0.2, 0.25) is 5.91 Å². The maximum absolute atomic E-state index is 11.5. The molecule has 0 saturated carbocycles. The summed E-state index contributed by atoms with van der Waals surface area (Å²) in [5.74, 6) is -0.693. The lowest BCUT2D eigenvalue weighted by Crippen LogP contribution is -2.42. The van der Waals surface area contributed by atoms with Crippen molar-refractivity contribution < 1.29 is 19.8 Å². The van der Waals surface area contributed by atoms with Crippen molar-refractivity contribution in [2.45, 2.75) is 25.1 Å². The zero-order chi connectivity index (χ0) is 14.3. The predicted molar refractivity (Wildman–Crippen MR) is 74.3 cm³/mol. The Morgan fingerprint density at radius 3 is 2.84 bits per heavy atom. The molecule has 6 nitrogen and oxygen atoms in total. The highest BCUT2D eigenvalue weighted by Gasteiger charge is 2.18. The number of hydrogen-bond acceptors (Lipinski definition) is 6. The molecule has 0 aromatic carbocycles. The van der Waals surface area contributed by atoms with Gasteiger partial charge in [-0.05, 0) is 6.92 Å². The molecule has 0 saturated heterocycles. The summed E-state index contributed by atoms with van der Waals surface area (Å²) in [6.45, 7) is 1.64. The molecule has 1 atom stereocenters. The third-order valence-electron chi connectivity index (χ3n) is 2.20. The van der Waals surface area contributed by atoms with Gasteiger partial charge in [0.25, 0.3) is 0 Å². The molecule has 0 unspecified atom stereocenters. The number of thioether (sulfide) groups is 1. The van der Waals surface area contributed by atoms with Gasteiger partial charge in [-0.15, -0.1) is 23.1 Å². The number of aliphatic hydroxyl groups excluding tert-OH is 1. The summed E-state index contributed by atoms with van der Waals surface area (Å²) in [4.78, 5) is 26.6. The molecule has 1 rings (SSSR count). The lowest BCUT2D eigenvalue weighted by atomic mass is 10.2. The van der Waals surface area contributed by atoms with Crippen LogP contribution in [0.1, 0.15) is 17.1 Å². The lowest BCUT2D eigenvalue weighted by molar-refractivity contribution is -0.141. The fourth-order valence-electron chi connectivity index (χ4n) is 1.35. The first-order valence-corrected chi connectivity index (χ1v) is 7.68. The SMILES string of the molecule is Cc1nc(CSCC(=O)N[C@@H](CCO)C(=O)O)cs1. The molecule has 0 fully saturated rings. The quantitative estimate of drug-likeness (QED) is 0.651. The van der Waals surface area contributed by atoms with Crippen LogP contribution in [0.2, 0.25) is 0 Å². The highest BCUT2D eigenvalue weighted by molar-refractivity contribution is 7.99. The largest absolute Gasteiger partial charge is 0.480 e. The summed E-state index contributed by atoms with van der Waals surface area (Å²) < 4.78 is 0. The molecule has 19 heavy (non-hydrogen) atoms. The summed E-state index contributed by atoms with van der Waals surface area (Å²) in [5.41, 5.74) is 0.922. The van der Waals surface area contributed by atoms with E-state index >= 15 is 0 Å². The van der Waals surface area contributed by atoms with Crippen molar-refractivity contribution >= 4 is 35.0 Å². The predicted octanol–water partition coefficient (Wildman–Crippen LogP) is 0.637. The average Bonchev–Trinajstić information content (AvgIpc) is 2.74. The van der Waals surface area contributed by atoms with Gasteiger partial charge in [0.1, 0.15) is 6.04 Å². The molecule has 1 aromatic heterocycles. The van der Waals surface area contributed by atoms with Gasteiger partial charge in [0.15, 0.2) is 0 Å². The average molecular weight is 304 g/mol. The van der Waals surface area contributed by atoms with Crippen LogP contribution in [0.15, 0.2) is 5.38 Å². The van der Waals surface area contributed by atoms with Crippen molar-refractivity contribution in [3.8, 4) is 0 Å². The number of aliphatic carboxylic acids is 1. The number of hydrogen-bond donors (Lipinski definition) is 3. The molecule has 0 spiro atoms. The van der Waals surface area contributed by atoms with Crippen molar-refractivity contribution in [1.29, 1.82) is 0 Å². The molecular formula is C11H16N2O4S2. The van der Waals surface area contributed by atoms with Crippen molar-refractivity contribution in [1.82, 2.24) is 10.3 Å². The second kappa shape index (κ2) is 8.13. The van der Waals surface area contributed by atoms with Crippen LogP contribution in [0.25, 0.3) is 0 Å². The number of rotatable bonds is 8. The monoisotopic (exact) mass is 304 g/mol. The number of carbonyl (C=O) groups excluding carboxylic acids is 1. The first-order valence-electron chi connectivity index (χ1n) is 5.64. The molecule has 3 N–H and O–H groups in total. The Bertz CT molecular complexity index is 436. The van der Waals surface area contributed by atoms with Crippen LogP contribution in [0.5, 0.6) is 0 Å². The van der Waals surface area contributed by atoms with Crippen molar-refractivity contribution in [3.05, 3.63) is 16.1 Å². The molecule has 8 heteroatoms. The van der Waals surface area contributed by atoms with Gasteiger partial charge in [-0.1, -0.05) is 0 Å². The van der Waals surface area contributed by atoms with E-state index in [4.69, 9.17) is 10.2 Å². The Morgan fingerprint density at radius 1 is 1.58 bits per heavy atom. The topological polar surface area (TPSA) is 99.5 Å². The molecule has 1 amide bonds. The van der Waals surface area contributed by atoms with Crippen LogP contribution in [-0.4, -0.2) is 45.5 Å². The van der Waals surface area contributed by atoms with E-state index in [9.17, 15) is 9.59 Å². The molecule has 106 valence electrons. The number of nitrogens with one attached hydrogen (secondary N) is 1. The zero-order valence-corrected chi connectivity index (χ0v) is 12.1. The van der Waals surface area contributed by atoms with E-state index in [2.05, 4.69) is 10.3 Å². The highest BCUT2D eigenvalue weighted by atomic mass is 32.2. The third-order valence-corrected chi connectivity index (χ3v) is 3.99. The summed E-state index contributed by atoms with van der Waals surface area (Å²) in [6, 6.07) is -1.03. The standard InChI is InChI=1S/C11H16N2O4S2/c1-7-12-8(5-19-7)4-18-6-10(15)13-9(2-3-14)11(16)17/h5,9,14H,2-4,6H2,1H3,(H,13,15)(H,16,17)/t9-/m0/s1. The Kier molecular flexibility index (Phi) is 6.82. The van der Waals surface area contributed by atoms with E-state index in [1.54, 1.807) is 11.3 Å². The third kappa shape index (κ3) is 6.04. The van der Waals surface area contributed by atoms with Crippen LogP contribution in [0.3, 0.4) is 0 Å². The maximum atomic E-state index is 11.5. The van der Waals surface area contributed by atoms with Gasteiger partial charge < -0.3 is 15.5 Å². The normalized spacial score (nSPS) is 12.1. The molecule has 1 heterocycles. The zero-order valence-electron chi connectivity index (χ0n) is 10.5. The molecular weight excluding hydrogens is 288 g/mol. The number of aromatic nitrogens is 1. The van der Waals surface area contributed by atoms with Gasteiger partial charge >= 0.3 is 5.97 Å². The Morgan fingerprint density at radius 2 is 2.32 bits per heavy atom. The molecule has 1 aromatic rings. The lowest BCUT2D eigenvalue weighted by Gasteiger charge is -2.12. The Labute approximate surface area is 119 Å². The summed E-state index contributed by atoms with van der Waals surface area (Å²) in [6.07, 6.45) is 0.0109. The van der Waals surface area contributed by atoms with Crippen LogP contribution in [0, 0.1) is 6.92 Å². The van der Waals surface area contributed by atoms with Crippen molar-refractivity contribution in [3.63, 3.8) is 0 Å². The van der Waals surface area contributed by atoms with Gasteiger partial charge in [-0.2, -0.15) is 0 Å². The van der Waals surface area contributed by atoms with E-state index in [1.807, 2.05) is 12.3 Å². The van der Waals surface area contributed by atoms with E-state index in [-0.39, 0.29) is 24.7 Å². The Balaban J connectivity index is 2.28. The Hall–Kier alpha value is -1.12. The fraction of sp³-hybridized carbons (Fsp3) is 0.545. The van der Waals surface area contributed by atoms with Gasteiger partial charge in [-0.3, -0.25) is 4.79 Å². The van der Waals surface area contributed by atoms with Crippen LogP contribution in [0.4, 0.5) is 0 Å². The van der Waals surface area contributed by atoms with Crippen molar-refractivity contribution in [2.75, 3.05) is 12.4 Å². The van der Waals surface area contributed by atoms with E-state index in [0.29, 0.717) is 5.75 Å². The maximum Gasteiger partial charge on any atom is 0.326 e. The number of carboxylic acid groups (broad SMARTS) is 1. The van der Waals surface area contributed by atoms with E-state index < -0.39 is 12.0 Å². The number of aliphatic hydroxyl groups is 1. The van der Waals surface area contributed by atoms with Gasteiger partial charge in [-0.25, -0.2) is 9.78 Å². The number of nitrogens with zero attached hydrogens (tertiary/aromatic N) is 1. The van der Waals surface area contributed by atoms with Crippen LogP contribution in [-0.2, 0) is 15.3 Å². The highest BCUT2D eigenvalue weighted by Crippen LogP contribution is 2.14. The minimum Gasteiger partial charge on any atom is -0.480 e. The van der Waals surface area contributed by atoms with E-state index in [1.165, 1.54) is 11.8 Å². The molecule has 0 aliphatic rings. The molecule has 0 radical (unpaired) electrons. The first-order chi connectivity index (χ1) is 9.02. The first kappa shape index (κ1) is 15.9. The van der Waals surface area contributed by atoms with Gasteiger partial charge in [0, 0.05) is 24.2 Å².